The topological polar surface area (TPSA) is 84.2 Å². The summed E-state index contributed by atoms with van der Waals surface area (Å²) in [5.41, 5.74) is 0.857. The molecule has 1 amide bonds. The van der Waals surface area contributed by atoms with Crippen molar-refractivity contribution in [1.29, 1.82) is 0 Å². The lowest BCUT2D eigenvalue weighted by atomic mass is 10.3. The summed E-state index contributed by atoms with van der Waals surface area (Å²) in [6.45, 7) is 2.64. The number of carboxylic acid groups (broad SMARTS) is 1. The minimum atomic E-state index is -1.08. The second-order valence-electron chi connectivity index (χ2n) is 4.12. The minimum Gasteiger partial charge on any atom is -0.476 e. The summed E-state index contributed by atoms with van der Waals surface area (Å²) < 4.78 is 1.60. The molecule has 0 fully saturated rings. The van der Waals surface area contributed by atoms with Crippen LogP contribution in [0.1, 0.15) is 25.7 Å². The SMILES string of the molecule is Cc1csc(C(=O)NCCn2cnc(C(=O)O)c2)c1Cl. The van der Waals surface area contributed by atoms with E-state index in [0.717, 1.165) is 5.56 Å². The number of halogens is 1. The van der Waals surface area contributed by atoms with Crippen LogP contribution >= 0.6 is 22.9 Å². The quantitative estimate of drug-likeness (QED) is 0.884. The maximum absolute atomic E-state index is 11.9. The van der Waals surface area contributed by atoms with Crippen LogP contribution in [-0.4, -0.2) is 33.1 Å². The molecule has 6 nitrogen and oxygen atoms in total. The fourth-order valence-electron chi connectivity index (χ4n) is 1.55. The summed E-state index contributed by atoms with van der Waals surface area (Å²) >= 11 is 7.30. The zero-order valence-corrected chi connectivity index (χ0v) is 12.2. The zero-order valence-electron chi connectivity index (χ0n) is 10.6. The lowest BCUT2D eigenvalue weighted by Crippen LogP contribution is -2.26. The number of aryl methyl sites for hydroxylation is 1. The third kappa shape index (κ3) is 3.17. The zero-order chi connectivity index (χ0) is 14.7. The summed E-state index contributed by atoms with van der Waals surface area (Å²) in [6.07, 6.45) is 2.83. The van der Waals surface area contributed by atoms with E-state index in [-0.39, 0.29) is 11.6 Å². The first-order chi connectivity index (χ1) is 9.49. The van der Waals surface area contributed by atoms with E-state index in [9.17, 15) is 9.59 Å². The molecule has 0 spiro atoms. The van der Waals surface area contributed by atoms with Crippen LogP contribution in [0.3, 0.4) is 0 Å². The molecular weight excluding hydrogens is 302 g/mol. The largest absolute Gasteiger partial charge is 0.476 e. The lowest BCUT2D eigenvalue weighted by Gasteiger charge is -2.04. The van der Waals surface area contributed by atoms with E-state index in [1.807, 2.05) is 12.3 Å². The Morgan fingerprint density at radius 3 is 2.85 bits per heavy atom. The van der Waals surface area contributed by atoms with Gasteiger partial charge in [0, 0.05) is 19.3 Å². The van der Waals surface area contributed by atoms with E-state index in [2.05, 4.69) is 10.3 Å². The highest BCUT2D eigenvalue weighted by Crippen LogP contribution is 2.26. The van der Waals surface area contributed by atoms with Gasteiger partial charge in [-0.3, -0.25) is 4.79 Å². The van der Waals surface area contributed by atoms with E-state index in [4.69, 9.17) is 16.7 Å². The van der Waals surface area contributed by atoms with Crippen LogP contribution in [-0.2, 0) is 6.54 Å². The first kappa shape index (κ1) is 14.5. The summed E-state index contributed by atoms with van der Waals surface area (Å²) in [5, 5.41) is 13.8. The first-order valence-corrected chi connectivity index (χ1v) is 7.01. The molecule has 2 aromatic rings. The van der Waals surface area contributed by atoms with E-state index in [1.165, 1.54) is 23.9 Å². The predicted octanol–water partition coefficient (Wildman–Crippen LogP) is 2.03. The molecule has 0 saturated carbocycles. The number of nitrogens with zero attached hydrogens (tertiary/aromatic N) is 2. The molecule has 0 saturated heterocycles. The number of carboxylic acids is 1. The Hall–Kier alpha value is -1.86. The van der Waals surface area contributed by atoms with Crippen LogP contribution in [0.5, 0.6) is 0 Å². The third-order valence-electron chi connectivity index (χ3n) is 2.61. The van der Waals surface area contributed by atoms with Crippen molar-refractivity contribution >= 4 is 34.8 Å². The fourth-order valence-corrected chi connectivity index (χ4v) is 2.75. The summed E-state index contributed by atoms with van der Waals surface area (Å²) in [7, 11) is 0. The molecular formula is C12H12ClN3O3S. The standard InChI is InChI=1S/C12H12ClN3O3S/c1-7-5-20-10(9(7)13)11(17)14-2-3-16-4-8(12(18)19)15-6-16/h4-6H,2-3H2,1H3,(H,14,17)(H,18,19). The number of rotatable bonds is 5. The Morgan fingerprint density at radius 2 is 2.30 bits per heavy atom. The molecule has 0 aromatic carbocycles. The van der Waals surface area contributed by atoms with E-state index < -0.39 is 5.97 Å². The molecule has 0 aliphatic carbocycles. The maximum Gasteiger partial charge on any atom is 0.356 e. The predicted molar refractivity (Wildman–Crippen MR) is 75.6 cm³/mol. The van der Waals surface area contributed by atoms with Gasteiger partial charge in [-0.2, -0.15) is 0 Å². The second kappa shape index (κ2) is 6.06. The van der Waals surface area contributed by atoms with E-state index in [1.54, 1.807) is 4.57 Å². The summed E-state index contributed by atoms with van der Waals surface area (Å²) in [5.74, 6) is -1.31. The third-order valence-corrected chi connectivity index (χ3v) is 4.31. The van der Waals surface area contributed by atoms with Crippen LogP contribution in [0.2, 0.25) is 5.02 Å². The molecule has 2 N–H and O–H groups in total. The number of nitrogens with one attached hydrogen (secondary N) is 1. The molecule has 8 heteroatoms. The van der Waals surface area contributed by atoms with E-state index >= 15 is 0 Å². The minimum absolute atomic E-state index is 0.0201. The number of imidazole rings is 1. The molecule has 0 bridgehead atoms. The number of hydrogen-bond donors (Lipinski definition) is 2. The van der Waals surface area contributed by atoms with Gasteiger partial charge in [0.2, 0.25) is 0 Å². The van der Waals surface area contributed by atoms with E-state index in [0.29, 0.717) is 23.0 Å². The van der Waals surface area contributed by atoms with Crippen LogP contribution < -0.4 is 5.32 Å². The fraction of sp³-hybridized carbons (Fsp3) is 0.250. The molecule has 2 heterocycles. The highest BCUT2D eigenvalue weighted by atomic mass is 35.5. The Morgan fingerprint density at radius 1 is 1.55 bits per heavy atom. The van der Waals surface area contributed by atoms with Gasteiger partial charge in [-0.15, -0.1) is 11.3 Å². The van der Waals surface area contributed by atoms with Crippen LogP contribution in [0, 0.1) is 6.92 Å². The molecule has 0 aliphatic heterocycles. The number of carbonyl (C=O) groups is 2. The van der Waals surface area contributed by atoms with Gasteiger partial charge in [0.15, 0.2) is 5.69 Å². The number of aromatic carboxylic acids is 1. The molecule has 2 rings (SSSR count). The highest BCUT2D eigenvalue weighted by Gasteiger charge is 2.14. The van der Waals surface area contributed by atoms with Crippen molar-refractivity contribution in [3.63, 3.8) is 0 Å². The van der Waals surface area contributed by atoms with Gasteiger partial charge in [0.05, 0.1) is 11.3 Å². The van der Waals surface area contributed by atoms with Crippen molar-refractivity contribution in [1.82, 2.24) is 14.9 Å². The summed E-state index contributed by atoms with van der Waals surface area (Å²) in [4.78, 5) is 26.7. The average Bonchev–Trinajstić information content (AvgIpc) is 2.98. The molecule has 0 unspecified atom stereocenters. The molecule has 20 heavy (non-hydrogen) atoms. The molecule has 0 aliphatic rings. The van der Waals surface area contributed by atoms with Gasteiger partial charge in [-0.1, -0.05) is 11.6 Å². The van der Waals surface area contributed by atoms with Gasteiger partial charge in [0.1, 0.15) is 4.88 Å². The number of hydrogen-bond acceptors (Lipinski definition) is 4. The number of amides is 1. The van der Waals surface area contributed by atoms with Gasteiger partial charge < -0.3 is 15.0 Å². The van der Waals surface area contributed by atoms with Crippen molar-refractivity contribution in [3.8, 4) is 0 Å². The van der Waals surface area contributed by atoms with Crippen molar-refractivity contribution in [2.45, 2.75) is 13.5 Å². The molecule has 0 atom stereocenters. The van der Waals surface area contributed by atoms with Gasteiger partial charge in [-0.25, -0.2) is 9.78 Å². The smallest absolute Gasteiger partial charge is 0.356 e. The normalized spacial score (nSPS) is 10.5. The lowest BCUT2D eigenvalue weighted by molar-refractivity contribution is 0.0690. The van der Waals surface area contributed by atoms with Crippen molar-refractivity contribution < 1.29 is 14.7 Å². The first-order valence-electron chi connectivity index (χ1n) is 5.76. The van der Waals surface area contributed by atoms with Gasteiger partial charge >= 0.3 is 5.97 Å². The Kier molecular flexibility index (Phi) is 4.41. The van der Waals surface area contributed by atoms with Crippen LogP contribution in [0.15, 0.2) is 17.9 Å². The molecule has 2 aromatic heterocycles. The van der Waals surface area contributed by atoms with Crippen molar-refractivity contribution in [2.24, 2.45) is 0 Å². The van der Waals surface area contributed by atoms with Gasteiger partial charge in [0.25, 0.3) is 5.91 Å². The number of carbonyl (C=O) groups excluding carboxylic acids is 1. The molecule has 0 radical (unpaired) electrons. The number of aromatic nitrogens is 2. The highest BCUT2D eigenvalue weighted by molar-refractivity contribution is 7.13. The van der Waals surface area contributed by atoms with Crippen molar-refractivity contribution in [2.75, 3.05) is 6.54 Å². The van der Waals surface area contributed by atoms with Crippen LogP contribution in [0.25, 0.3) is 0 Å². The van der Waals surface area contributed by atoms with Crippen LogP contribution in [0.4, 0.5) is 0 Å². The average molecular weight is 314 g/mol. The summed E-state index contributed by atoms with van der Waals surface area (Å²) in [6, 6.07) is 0. The Balaban J connectivity index is 1.88. The number of thiophene rings is 1. The maximum atomic E-state index is 11.9. The van der Waals surface area contributed by atoms with Gasteiger partial charge in [-0.05, 0) is 17.9 Å². The van der Waals surface area contributed by atoms with Crippen molar-refractivity contribution in [3.05, 3.63) is 39.1 Å². The Bertz CT molecular complexity index is 650. The Labute approximate surface area is 124 Å². The monoisotopic (exact) mass is 313 g/mol. The molecule has 106 valence electrons. The second-order valence-corrected chi connectivity index (χ2v) is 5.38.